The molecule has 5 nitrogen and oxygen atoms in total. The molecule has 0 saturated carbocycles. The summed E-state index contributed by atoms with van der Waals surface area (Å²) in [5, 5.41) is 6.98. The van der Waals surface area contributed by atoms with Crippen molar-refractivity contribution in [3.8, 4) is 11.4 Å². The lowest BCUT2D eigenvalue weighted by Gasteiger charge is -2.11. The van der Waals surface area contributed by atoms with Crippen LogP contribution in [0.5, 0.6) is 0 Å². The highest BCUT2D eigenvalue weighted by Gasteiger charge is 2.12. The molecule has 0 radical (unpaired) electrons. The van der Waals surface area contributed by atoms with Crippen LogP contribution in [0.4, 0.5) is 5.13 Å². The van der Waals surface area contributed by atoms with Gasteiger partial charge in [-0.2, -0.15) is 4.98 Å². The maximum Gasteiger partial charge on any atom is 0.246 e. The average molecular weight is 286 g/mol. The van der Waals surface area contributed by atoms with Gasteiger partial charge in [-0.25, -0.2) is 4.98 Å². The summed E-state index contributed by atoms with van der Waals surface area (Å²) >= 11 is 1.61. The molecule has 0 amide bonds. The van der Waals surface area contributed by atoms with E-state index in [-0.39, 0.29) is 0 Å². The van der Waals surface area contributed by atoms with Crippen LogP contribution in [-0.4, -0.2) is 22.2 Å². The zero-order valence-corrected chi connectivity index (χ0v) is 12.1. The quantitative estimate of drug-likeness (QED) is 0.737. The van der Waals surface area contributed by atoms with Crippen molar-refractivity contribution < 1.29 is 4.52 Å². The molecule has 0 aliphatic carbocycles. The van der Waals surface area contributed by atoms with Gasteiger partial charge in [-0.15, -0.1) is 11.3 Å². The molecule has 20 heavy (non-hydrogen) atoms. The van der Waals surface area contributed by atoms with Crippen LogP contribution in [0.1, 0.15) is 11.6 Å². The molecule has 0 saturated heterocycles. The van der Waals surface area contributed by atoms with E-state index in [0.717, 1.165) is 16.4 Å². The van der Waals surface area contributed by atoms with Crippen molar-refractivity contribution in [3.05, 3.63) is 47.3 Å². The summed E-state index contributed by atoms with van der Waals surface area (Å²) in [6, 6.07) is 9.79. The highest BCUT2D eigenvalue weighted by atomic mass is 32.1. The second-order valence-electron chi connectivity index (χ2n) is 4.51. The molecule has 6 heteroatoms. The van der Waals surface area contributed by atoms with Gasteiger partial charge in [0.05, 0.1) is 12.2 Å². The zero-order valence-electron chi connectivity index (χ0n) is 11.3. The molecule has 0 N–H and O–H groups in total. The van der Waals surface area contributed by atoms with Crippen LogP contribution in [0.25, 0.3) is 11.4 Å². The fourth-order valence-corrected chi connectivity index (χ4v) is 2.58. The van der Waals surface area contributed by atoms with Gasteiger partial charge in [0.15, 0.2) is 5.13 Å². The zero-order chi connectivity index (χ0) is 13.9. The Hall–Kier alpha value is -2.21. The van der Waals surface area contributed by atoms with Gasteiger partial charge in [-0.05, 0) is 6.92 Å². The molecule has 0 aliphatic heterocycles. The lowest BCUT2D eigenvalue weighted by Crippen LogP contribution is -2.16. The average Bonchev–Trinajstić information content (AvgIpc) is 3.09. The Morgan fingerprint density at radius 1 is 1.20 bits per heavy atom. The highest BCUT2D eigenvalue weighted by Crippen LogP contribution is 2.21. The molecular formula is C14H14N4OS. The summed E-state index contributed by atoms with van der Waals surface area (Å²) in [4.78, 5) is 10.8. The first kappa shape index (κ1) is 12.8. The molecule has 2 heterocycles. The molecule has 0 aliphatic rings. The number of aromatic nitrogens is 3. The predicted octanol–water partition coefficient (Wildman–Crippen LogP) is 3.14. The lowest BCUT2D eigenvalue weighted by molar-refractivity contribution is 0.378. The van der Waals surface area contributed by atoms with Gasteiger partial charge in [0.2, 0.25) is 11.7 Å². The second-order valence-corrected chi connectivity index (χ2v) is 5.34. The minimum atomic E-state index is 0.548. The molecule has 0 bridgehead atoms. The Morgan fingerprint density at radius 2 is 2.00 bits per heavy atom. The van der Waals surface area contributed by atoms with Crippen LogP contribution in [0.3, 0.4) is 0 Å². The van der Waals surface area contributed by atoms with Crippen molar-refractivity contribution in [2.75, 3.05) is 11.9 Å². The van der Waals surface area contributed by atoms with E-state index in [9.17, 15) is 0 Å². The summed E-state index contributed by atoms with van der Waals surface area (Å²) in [6.07, 6.45) is 0. The Balaban J connectivity index is 1.74. The van der Waals surface area contributed by atoms with Crippen molar-refractivity contribution in [2.24, 2.45) is 0 Å². The van der Waals surface area contributed by atoms with E-state index < -0.39 is 0 Å². The number of benzene rings is 1. The SMILES string of the molecule is Cc1csc(N(C)Cc2nc(-c3ccccc3)no2)n1. The van der Waals surface area contributed by atoms with Gasteiger partial charge in [0.25, 0.3) is 0 Å². The third-order valence-corrected chi connectivity index (χ3v) is 3.88. The standard InChI is InChI=1S/C14H14N4OS/c1-10-9-20-14(15-10)18(2)8-12-16-13(17-19-12)11-6-4-3-5-7-11/h3-7,9H,8H2,1-2H3. The lowest BCUT2D eigenvalue weighted by atomic mass is 10.2. The molecule has 102 valence electrons. The minimum absolute atomic E-state index is 0.548. The number of thiazole rings is 1. The van der Waals surface area contributed by atoms with E-state index in [1.54, 1.807) is 11.3 Å². The Kier molecular flexibility index (Phi) is 3.47. The van der Waals surface area contributed by atoms with E-state index in [1.807, 2.05) is 54.6 Å². The van der Waals surface area contributed by atoms with E-state index in [1.165, 1.54) is 0 Å². The molecule has 3 rings (SSSR count). The van der Waals surface area contributed by atoms with Gasteiger partial charge in [0, 0.05) is 18.0 Å². The van der Waals surface area contributed by atoms with E-state index in [0.29, 0.717) is 18.3 Å². The molecule has 0 fully saturated rings. The fraction of sp³-hybridized carbons (Fsp3) is 0.214. The third kappa shape index (κ3) is 2.70. The van der Waals surface area contributed by atoms with Gasteiger partial charge >= 0.3 is 0 Å². The third-order valence-electron chi connectivity index (χ3n) is 2.81. The fourth-order valence-electron chi connectivity index (χ4n) is 1.81. The number of anilines is 1. The molecule has 0 atom stereocenters. The van der Waals surface area contributed by atoms with Crippen molar-refractivity contribution in [2.45, 2.75) is 13.5 Å². The Bertz CT molecular complexity index is 692. The summed E-state index contributed by atoms with van der Waals surface area (Å²) in [5.74, 6) is 1.20. The molecule has 3 aromatic rings. The number of hydrogen-bond donors (Lipinski definition) is 0. The van der Waals surface area contributed by atoms with Crippen molar-refractivity contribution >= 4 is 16.5 Å². The van der Waals surface area contributed by atoms with Crippen LogP contribution in [0, 0.1) is 6.92 Å². The van der Waals surface area contributed by atoms with E-state index in [4.69, 9.17) is 4.52 Å². The van der Waals surface area contributed by atoms with E-state index >= 15 is 0 Å². The molecule has 1 aromatic carbocycles. The Labute approximate surface area is 120 Å². The molecular weight excluding hydrogens is 272 g/mol. The predicted molar refractivity (Wildman–Crippen MR) is 78.7 cm³/mol. The van der Waals surface area contributed by atoms with Crippen LogP contribution >= 0.6 is 11.3 Å². The van der Waals surface area contributed by atoms with Crippen LogP contribution in [-0.2, 0) is 6.54 Å². The normalized spacial score (nSPS) is 10.7. The first-order chi connectivity index (χ1) is 9.72. The van der Waals surface area contributed by atoms with Crippen LogP contribution in [0.15, 0.2) is 40.2 Å². The summed E-state index contributed by atoms with van der Waals surface area (Å²) in [7, 11) is 1.96. The number of aryl methyl sites for hydroxylation is 1. The smallest absolute Gasteiger partial charge is 0.246 e. The van der Waals surface area contributed by atoms with Gasteiger partial charge in [0.1, 0.15) is 0 Å². The number of rotatable bonds is 4. The summed E-state index contributed by atoms with van der Waals surface area (Å²) < 4.78 is 5.29. The summed E-state index contributed by atoms with van der Waals surface area (Å²) in [6.45, 7) is 2.53. The second kappa shape index (κ2) is 5.42. The van der Waals surface area contributed by atoms with Gasteiger partial charge in [-0.1, -0.05) is 35.5 Å². The molecule has 0 spiro atoms. The summed E-state index contributed by atoms with van der Waals surface area (Å²) in [5.41, 5.74) is 1.97. The monoisotopic (exact) mass is 286 g/mol. The van der Waals surface area contributed by atoms with Crippen LogP contribution < -0.4 is 4.90 Å². The minimum Gasteiger partial charge on any atom is -0.342 e. The maximum absolute atomic E-state index is 5.29. The number of hydrogen-bond acceptors (Lipinski definition) is 6. The largest absolute Gasteiger partial charge is 0.342 e. The van der Waals surface area contributed by atoms with Gasteiger partial charge in [-0.3, -0.25) is 0 Å². The van der Waals surface area contributed by atoms with Crippen LogP contribution in [0.2, 0.25) is 0 Å². The van der Waals surface area contributed by atoms with Crippen molar-refractivity contribution in [3.63, 3.8) is 0 Å². The van der Waals surface area contributed by atoms with Crippen molar-refractivity contribution in [1.82, 2.24) is 15.1 Å². The first-order valence-corrected chi connectivity index (χ1v) is 7.11. The molecule has 0 unspecified atom stereocenters. The molecule has 2 aromatic heterocycles. The van der Waals surface area contributed by atoms with Gasteiger partial charge < -0.3 is 9.42 Å². The first-order valence-electron chi connectivity index (χ1n) is 6.23. The Morgan fingerprint density at radius 3 is 2.70 bits per heavy atom. The number of nitrogens with zero attached hydrogens (tertiary/aromatic N) is 4. The highest BCUT2D eigenvalue weighted by molar-refractivity contribution is 7.13. The maximum atomic E-state index is 5.29. The van der Waals surface area contributed by atoms with Crippen molar-refractivity contribution in [1.29, 1.82) is 0 Å². The van der Waals surface area contributed by atoms with E-state index in [2.05, 4.69) is 15.1 Å². The topological polar surface area (TPSA) is 55.1 Å².